The van der Waals surface area contributed by atoms with Gasteiger partial charge in [0.15, 0.2) is 0 Å². The Labute approximate surface area is 188 Å². The van der Waals surface area contributed by atoms with Gasteiger partial charge in [0, 0.05) is 50.2 Å². The van der Waals surface area contributed by atoms with Gasteiger partial charge in [-0.2, -0.15) is 4.98 Å². The molecule has 0 spiro atoms. The first-order valence-electron chi connectivity index (χ1n) is 11.5. The summed E-state index contributed by atoms with van der Waals surface area (Å²) in [6.07, 6.45) is 7.72. The molecule has 0 bridgehead atoms. The van der Waals surface area contributed by atoms with Gasteiger partial charge in [0.2, 0.25) is 5.95 Å². The summed E-state index contributed by atoms with van der Waals surface area (Å²) >= 11 is 0. The van der Waals surface area contributed by atoms with Crippen LogP contribution in [0.2, 0.25) is 0 Å². The monoisotopic (exact) mass is 433 g/mol. The molecule has 8 heteroatoms. The third-order valence-electron chi connectivity index (χ3n) is 6.53. The van der Waals surface area contributed by atoms with Crippen LogP contribution in [0.5, 0.6) is 0 Å². The van der Waals surface area contributed by atoms with E-state index >= 15 is 0 Å². The molecular weight excluding hydrogens is 402 g/mol. The maximum Gasteiger partial charge on any atom is 0.227 e. The first-order valence-corrected chi connectivity index (χ1v) is 11.5. The third-order valence-corrected chi connectivity index (χ3v) is 6.53. The molecule has 0 amide bonds. The molecule has 2 aliphatic heterocycles. The zero-order valence-electron chi connectivity index (χ0n) is 19.0. The molecule has 3 aromatic heterocycles. The van der Waals surface area contributed by atoms with Gasteiger partial charge in [-0.05, 0) is 47.8 Å². The normalized spacial score (nSPS) is 17.8. The average molecular weight is 434 g/mol. The highest BCUT2D eigenvalue weighted by Gasteiger charge is 2.27. The van der Waals surface area contributed by atoms with Crippen LogP contribution in [-0.2, 0) is 0 Å². The van der Waals surface area contributed by atoms with Crippen molar-refractivity contribution >= 4 is 34.2 Å². The van der Waals surface area contributed by atoms with Gasteiger partial charge < -0.3 is 20.2 Å². The molecule has 5 heterocycles. The fourth-order valence-electron chi connectivity index (χ4n) is 4.46. The van der Waals surface area contributed by atoms with Gasteiger partial charge in [-0.25, -0.2) is 15.0 Å². The Morgan fingerprint density at radius 1 is 1.00 bits per heavy atom. The molecule has 5 rings (SSSR count). The van der Waals surface area contributed by atoms with Crippen molar-refractivity contribution < 1.29 is 5.11 Å². The SMILES string of the molecule is CC1CCN(c2nccc(Nc3cc4c(C(C)C)cnc(N5CC(O)C5)c4cn3)n2)CC1. The van der Waals surface area contributed by atoms with Crippen molar-refractivity contribution in [3.63, 3.8) is 0 Å². The quantitative estimate of drug-likeness (QED) is 0.629. The second-order valence-corrected chi connectivity index (χ2v) is 9.40. The van der Waals surface area contributed by atoms with Crippen LogP contribution in [0.3, 0.4) is 0 Å². The standard InChI is InChI=1S/C24H31N7O/c1-15(2)19-11-27-23(31-13-17(32)14-31)20-12-26-22(10-18(19)20)28-21-4-7-25-24(29-21)30-8-5-16(3)6-9-30/h4,7,10-12,15-17,32H,5-6,8-9,13-14H2,1-3H3,(H,25,26,28,29). The molecule has 8 nitrogen and oxygen atoms in total. The molecule has 32 heavy (non-hydrogen) atoms. The number of anilines is 4. The predicted molar refractivity (Wildman–Crippen MR) is 128 cm³/mol. The summed E-state index contributed by atoms with van der Waals surface area (Å²) in [7, 11) is 0. The van der Waals surface area contributed by atoms with Crippen LogP contribution in [0.1, 0.15) is 45.1 Å². The number of hydrogen-bond donors (Lipinski definition) is 2. The van der Waals surface area contributed by atoms with Gasteiger partial charge in [0.05, 0.1) is 6.10 Å². The first kappa shape index (κ1) is 20.9. The highest BCUT2D eigenvalue weighted by atomic mass is 16.3. The second-order valence-electron chi connectivity index (χ2n) is 9.40. The highest BCUT2D eigenvalue weighted by molar-refractivity contribution is 5.96. The van der Waals surface area contributed by atoms with Crippen molar-refractivity contribution in [1.82, 2.24) is 19.9 Å². The van der Waals surface area contributed by atoms with E-state index in [1.807, 2.05) is 18.5 Å². The molecule has 2 aliphatic rings. The maximum absolute atomic E-state index is 9.72. The van der Waals surface area contributed by atoms with Crippen LogP contribution in [0, 0.1) is 5.92 Å². The number of piperidine rings is 1. The van der Waals surface area contributed by atoms with Gasteiger partial charge in [-0.1, -0.05) is 20.8 Å². The van der Waals surface area contributed by atoms with Crippen molar-refractivity contribution in [3.8, 4) is 0 Å². The van der Waals surface area contributed by atoms with Gasteiger partial charge in [-0.3, -0.25) is 0 Å². The molecule has 0 saturated carbocycles. The van der Waals surface area contributed by atoms with E-state index in [1.165, 1.54) is 18.4 Å². The Balaban J connectivity index is 1.44. The lowest BCUT2D eigenvalue weighted by Crippen LogP contribution is -2.51. The Morgan fingerprint density at radius 3 is 2.50 bits per heavy atom. The summed E-state index contributed by atoms with van der Waals surface area (Å²) in [6, 6.07) is 3.96. The van der Waals surface area contributed by atoms with Crippen LogP contribution in [0.25, 0.3) is 10.8 Å². The fourth-order valence-corrected chi connectivity index (χ4v) is 4.46. The Morgan fingerprint density at radius 2 is 1.78 bits per heavy atom. The number of aromatic nitrogens is 4. The van der Waals surface area contributed by atoms with Crippen molar-refractivity contribution in [3.05, 3.63) is 36.3 Å². The number of nitrogens with zero attached hydrogens (tertiary/aromatic N) is 6. The molecule has 0 unspecified atom stereocenters. The number of β-amino-alcohol motifs (C(OH)–C–C–N with tert-alkyl or cyclic N) is 1. The van der Waals surface area contributed by atoms with Crippen molar-refractivity contribution in [1.29, 1.82) is 0 Å². The fraction of sp³-hybridized carbons (Fsp3) is 0.500. The molecule has 0 aromatic carbocycles. The van der Waals surface area contributed by atoms with Gasteiger partial charge in [0.25, 0.3) is 0 Å². The van der Waals surface area contributed by atoms with Crippen LogP contribution >= 0.6 is 0 Å². The number of rotatable bonds is 5. The van der Waals surface area contributed by atoms with Crippen molar-refractivity contribution in [2.45, 2.75) is 45.6 Å². The van der Waals surface area contributed by atoms with Crippen LogP contribution in [-0.4, -0.2) is 57.3 Å². The minimum atomic E-state index is -0.277. The lowest BCUT2D eigenvalue weighted by atomic mass is 9.98. The zero-order chi connectivity index (χ0) is 22.2. The van der Waals surface area contributed by atoms with Gasteiger partial charge >= 0.3 is 0 Å². The number of hydrogen-bond acceptors (Lipinski definition) is 8. The minimum Gasteiger partial charge on any atom is -0.389 e. The van der Waals surface area contributed by atoms with E-state index in [2.05, 4.69) is 51.9 Å². The largest absolute Gasteiger partial charge is 0.389 e. The van der Waals surface area contributed by atoms with E-state index in [9.17, 15) is 5.11 Å². The Kier molecular flexibility index (Phi) is 5.55. The summed E-state index contributed by atoms with van der Waals surface area (Å²) in [5.74, 6) is 4.25. The summed E-state index contributed by atoms with van der Waals surface area (Å²) in [6.45, 7) is 9.87. The number of pyridine rings is 2. The van der Waals surface area contributed by atoms with Crippen molar-refractivity contribution in [2.24, 2.45) is 5.92 Å². The minimum absolute atomic E-state index is 0.277. The number of aliphatic hydroxyl groups excluding tert-OH is 1. The summed E-state index contributed by atoms with van der Waals surface area (Å²) < 4.78 is 0. The molecular formula is C24H31N7O. The van der Waals surface area contributed by atoms with Gasteiger partial charge in [0.1, 0.15) is 17.5 Å². The Bertz CT molecular complexity index is 1100. The van der Waals surface area contributed by atoms with E-state index in [1.54, 1.807) is 6.20 Å². The molecule has 0 radical (unpaired) electrons. The first-order chi connectivity index (χ1) is 15.5. The number of aliphatic hydroxyl groups is 1. The van der Waals surface area contributed by atoms with Gasteiger partial charge in [-0.15, -0.1) is 0 Å². The predicted octanol–water partition coefficient (Wildman–Crippen LogP) is 3.70. The third kappa shape index (κ3) is 4.07. The maximum atomic E-state index is 9.72. The average Bonchev–Trinajstić information content (AvgIpc) is 2.77. The number of fused-ring (bicyclic) bond motifs is 1. The van der Waals surface area contributed by atoms with E-state index < -0.39 is 0 Å². The molecule has 3 aromatic rings. The highest BCUT2D eigenvalue weighted by Crippen LogP contribution is 2.34. The van der Waals surface area contributed by atoms with E-state index in [0.29, 0.717) is 19.0 Å². The lowest BCUT2D eigenvalue weighted by Gasteiger charge is -2.37. The summed E-state index contributed by atoms with van der Waals surface area (Å²) in [4.78, 5) is 23.0. The molecule has 2 saturated heterocycles. The van der Waals surface area contributed by atoms with Crippen molar-refractivity contribution in [2.75, 3.05) is 41.3 Å². The van der Waals surface area contributed by atoms with E-state index in [0.717, 1.165) is 53.2 Å². The second kappa shape index (κ2) is 8.50. The molecule has 0 aliphatic carbocycles. The molecule has 168 valence electrons. The topological polar surface area (TPSA) is 90.3 Å². The lowest BCUT2D eigenvalue weighted by molar-refractivity contribution is 0.141. The van der Waals surface area contributed by atoms with E-state index in [4.69, 9.17) is 9.97 Å². The van der Waals surface area contributed by atoms with E-state index in [-0.39, 0.29) is 6.10 Å². The molecule has 2 N–H and O–H groups in total. The summed E-state index contributed by atoms with van der Waals surface area (Å²) in [5, 5.41) is 15.2. The smallest absolute Gasteiger partial charge is 0.227 e. The Hall–Kier alpha value is -3.00. The number of nitrogens with one attached hydrogen (secondary N) is 1. The van der Waals surface area contributed by atoms with Crippen LogP contribution in [0.15, 0.2) is 30.7 Å². The molecule has 2 fully saturated rings. The summed E-state index contributed by atoms with van der Waals surface area (Å²) in [5.41, 5.74) is 1.18. The zero-order valence-corrected chi connectivity index (χ0v) is 19.0. The van der Waals surface area contributed by atoms with Crippen LogP contribution < -0.4 is 15.1 Å². The van der Waals surface area contributed by atoms with Crippen LogP contribution in [0.4, 0.5) is 23.4 Å². The molecule has 0 atom stereocenters.